The highest BCUT2D eigenvalue weighted by molar-refractivity contribution is 9.10. The van der Waals surface area contributed by atoms with Gasteiger partial charge in [0.2, 0.25) is 0 Å². The molecule has 6 heteroatoms. The van der Waals surface area contributed by atoms with Crippen molar-refractivity contribution in [2.24, 2.45) is 7.05 Å². The molecule has 3 rings (SSSR count). The molecule has 3 nitrogen and oxygen atoms in total. The molecule has 0 atom stereocenters. The van der Waals surface area contributed by atoms with Crippen molar-refractivity contribution in [3.63, 3.8) is 0 Å². The molecule has 0 aliphatic carbocycles. The first kappa shape index (κ1) is 13.7. The number of hydrogen-bond donors (Lipinski definition) is 1. The Morgan fingerprint density at radius 2 is 1.95 bits per heavy atom. The smallest absolute Gasteiger partial charge is 0.129 e. The highest BCUT2D eigenvalue weighted by Gasteiger charge is 2.19. The van der Waals surface area contributed by atoms with Gasteiger partial charge in [-0.2, -0.15) is 5.10 Å². The van der Waals surface area contributed by atoms with Crippen LogP contribution in [0.4, 0.5) is 5.82 Å². The lowest BCUT2D eigenvalue weighted by molar-refractivity contribution is 0.783. The van der Waals surface area contributed by atoms with Gasteiger partial charge < -0.3 is 5.73 Å². The normalized spacial score (nSPS) is 10.9. The van der Waals surface area contributed by atoms with E-state index in [1.165, 1.54) is 0 Å². The Morgan fingerprint density at radius 1 is 1.25 bits per heavy atom. The van der Waals surface area contributed by atoms with E-state index in [0.717, 1.165) is 26.2 Å². The number of halogens is 2. The number of rotatable bonds is 2. The van der Waals surface area contributed by atoms with Crippen LogP contribution >= 0.6 is 38.9 Å². The molecule has 0 aliphatic heterocycles. The van der Waals surface area contributed by atoms with E-state index in [1.54, 1.807) is 16.0 Å². The molecule has 0 saturated heterocycles. The number of hydrogen-bond acceptors (Lipinski definition) is 3. The fraction of sp³-hybridized carbons (Fsp3) is 0.0714. The van der Waals surface area contributed by atoms with Crippen molar-refractivity contribution in [3.05, 3.63) is 45.2 Å². The summed E-state index contributed by atoms with van der Waals surface area (Å²) in [5, 5.41) is 7.28. The van der Waals surface area contributed by atoms with Gasteiger partial charge in [-0.1, -0.05) is 23.7 Å². The summed E-state index contributed by atoms with van der Waals surface area (Å²) < 4.78 is 2.72. The molecule has 3 aromatic rings. The first-order valence-electron chi connectivity index (χ1n) is 5.89. The molecule has 2 N–H and O–H groups in total. The molecule has 0 radical (unpaired) electrons. The van der Waals surface area contributed by atoms with Crippen LogP contribution < -0.4 is 5.73 Å². The Balaban J connectivity index is 2.25. The zero-order valence-corrected chi connectivity index (χ0v) is 13.8. The maximum atomic E-state index is 6.19. The average Bonchev–Trinajstić information content (AvgIpc) is 2.96. The van der Waals surface area contributed by atoms with Crippen LogP contribution in [0.25, 0.3) is 21.7 Å². The van der Waals surface area contributed by atoms with E-state index in [1.807, 2.05) is 42.8 Å². The van der Waals surface area contributed by atoms with Crippen molar-refractivity contribution in [2.75, 3.05) is 5.73 Å². The van der Waals surface area contributed by atoms with Crippen LogP contribution in [0.2, 0.25) is 5.02 Å². The minimum atomic E-state index is 0.641. The zero-order valence-electron chi connectivity index (χ0n) is 10.6. The third kappa shape index (κ3) is 2.26. The van der Waals surface area contributed by atoms with E-state index in [9.17, 15) is 0 Å². The standard InChI is InChI=1S/C14H11BrClN3S/c1-19-14(17)11(8-2-4-9(16)5-3-8)12(18-19)13-10(15)6-7-20-13/h2-7H,17H2,1H3. The van der Waals surface area contributed by atoms with Crippen molar-refractivity contribution in [1.29, 1.82) is 0 Å². The minimum absolute atomic E-state index is 0.641. The molecule has 0 saturated carbocycles. The van der Waals surface area contributed by atoms with E-state index >= 15 is 0 Å². The molecule has 0 aliphatic rings. The largest absolute Gasteiger partial charge is 0.383 e. The SMILES string of the molecule is Cn1nc(-c2sccc2Br)c(-c2ccc(Cl)cc2)c1N. The lowest BCUT2D eigenvalue weighted by Crippen LogP contribution is -1.97. The van der Waals surface area contributed by atoms with Crippen LogP contribution in [0.3, 0.4) is 0 Å². The molecule has 0 amide bonds. The molecule has 102 valence electrons. The molecule has 0 unspecified atom stereocenters. The van der Waals surface area contributed by atoms with Gasteiger partial charge in [0.15, 0.2) is 0 Å². The minimum Gasteiger partial charge on any atom is -0.383 e. The fourth-order valence-electron chi connectivity index (χ4n) is 2.06. The van der Waals surface area contributed by atoms with Gasteiger partial charge in [0.25, 0.3) is 0 Å². The zero-order chi connectivity index (χ0) is 14.3. The quantitative estimate of drug-likeness (QED) is 0.705. The summed E-state index contributed by atoms with van der Waals surface area (Å²) in [6.45, 7) is 0. The van der Waals surface area contributed by atoms with Gasteiger partial charge in [0.05, 0.1) is 10.4 Å². The number of anilines is 1. The third-order valence-electron chi connectivity index (χ3n) is 3.06. The van der Waals surface area contributed by atoms with Crippen molar-refractivity contribution >= 4 is 44.7 Å². The fourth-order valence-corrected chi connectivity index (χ4v) is 3.74. The second-order valence-electron chi connectivity index (χ2n) is 4.34. The van der Waals surface area contributed by atoms with Gasteiger partial charge in [-0.15, -0.1) is 11.3 Å². The lowest BCUT2D eigenvalue weighted by Gasteiger charge is -2.04. The van der Waals surface area contributed by atoms with E-state index in [-0.39, 0.29) is 0 Å². The van der Waals surface area contributed by atoms with Crippen molar-refractivity contribution in [3.8, 4) is 21.7 Å². The number of thiophene rings is 1. The van der Waals surface area contributed by atoms with Gasteiger partial charge in [-0.05, 0) is 45.1 Å². The molecular weight excluding hydrogens is 358 g/mol. The van der Waals surface area contributed by atoms with Gasteiger partial charge in [0.1, 0.15) is 11.5 Å². The predicted octanol–water partition coefficient (Wildman–Crippen LogP) is 4.81. The summed E-state index contributed by atoms with van der Waals surface area (Å²) >= 11 is 11.1. The predicted molar refractivity (Wildman–Crippen MR) is 89.1 cm³/mol. The highest BCUT2D eigenvalue weighted by Crippen LogP contribution is 2.41. The Morgan fingerprint density at radius 3 is 2.55 bits per heavy atom. The van der Waals surface area contributed by atoms with Gasteiger partial charge in [0, 0.05) is 16.5 Å². The first-order valence-corrected chi connectivity index (χ1v) is 7.94. The Hall–Kier alpha value is -1.30. The number of aromatic nitrogens is 2. The van der Waals surface area contributed by atoms with Gasteiger partial charge in [-0.3, -0.25) is 4.68 Å². The number of nitrogens with two attached hydrogens (primary N) is 1. The maximum Gasteiger partial charge on any atom is 0.129 e. The van der Waals surface area contributed by atoms with E-state index in [2.05, 4.69) is 21.0 Å². The van der Waals surface area contributed by atoms with Crippen LogP contribution in [-0.4, -0.2) is 9.78 Å². The molecule has 2 heterocycles. The monoisotopic (exact) mass is 367 g/mol. The first-order chi connectivity index (χ1) is 9.58. The second kappa shape index (κ2) is 5.24. The van der Waals surface area contributed by atoms with Gasteiger partial charge in [-0.25, -0.2) is 0 Å². The summed E-state index contributed by atoms with van der Waals surface area (Å²) in [5.41, 5.74) is 9.02. The van der Waals surface area contributed by atoms with Crippen LogP contribution in [0.5, 0.6) is 0 Å². The molecule has 0 fully saturated rings. The summed E-state index contributed by atoms with van der Waals surface area (Å²) in [6, 6.07) is 9.64. The van der Waals surface area contributed by atoms with E-state index < -0.39 is 0 Å². The van der Waals surface area contributed by atoms with E-state index in [0.29, 0.717) is 10.8 Å². The van der Waals surface area contributed by atoms with Crippen LogP contribution in [-0.2, 0) is 7.05 Å². The van der Waals surface area contributed by atoms with Crippen LogP contribution in [0, 0.1) is 0 Å². The molecule has 1 aromatic carbocycles. The summed E-state index contributed by atoms with van der Waals surface area (Å²) in [5.74, 6) is 0.641. The maximum absolute atomic E-state index is 6.19. The van der Waals surface area contributed by atoms with Crippen LogP contribution in [0.1, 0.15) is 0 Å². The third-order valence-corrected chi connectivity index (χ3v) is 5.15. The Labute approximate surface area is 134 Å². The van der Waals surface area contributed by atoms with E-state index in [4.69, 9.17) is 17.3 Å². The lowest BCUT2D eigenvalue weighted by atomic mass is 10.0. The second-order valence-corrected chi connectivity index (χ2v) is 6.54. The van der Waals surface area contributed by atoms with Crippen molar-refractivity contribution < 1.29 is 0 Å². The van der Waals surface area contributed by atoms with Crippen LogP contribution in [0.15, 0.2) is 40.2 Å². The molecule has 20 heavy (non-hydrogen) atoms. The van der Waals surface area contributed by atoms with Crippen molar-refractivity contribution in [1.82, 2.24) is 9.78 Å². The summed E-state index contributed by atoms with van der Waals surface area (Å²) in [4.78, 5) is 1.07. The summed E-state index contributed by atoms with van der Waals surface area (Å²) in [6.07, 6.45) is 0. The number of benzene rings is 1. The number of nitrogens with zero attached hydrogens (tertiary/aromatic N) is 2. The average molecular weight is 369 g/mol. The molecule has 2 aromatic heterocycles. The summed E-state index contributed by atoms with van der Waals surface area (Å²) in [7, 11) is 1.85. The van der Waals surface area contributed by atoms with Gasteiger partial charge >= 0.3 is 0 Å². The molecule has 0 spiro atoms. The Kier molecular flexibility index (Phi) is 3.58. The number of nitrogen functional groups attached to an aromatic ring is 1. The molecule has 0 bridgehead atoms. The number of aryl methyl sites for hydroxylation is 1. The highest BCUT2D eigenvalue weighted by atomic mass is 79.9. The van der Waals surface area contributed by atoms with Crippen molar-refractivity contribution in [2.45, 2.75) is 0 Å². The topological polar surface area (TPSA) is 43.8 Å². The Bertz CT molecular complexity index is 761. The molecular formula is C14H11BrClN3S.